The molecule has 0 heterocycles. The van der Waals surface area contributed by atoms with Crippen molar-refractivity contribution in [2.24, 2.45) is 0 Å². The van der Waals surface area contributed by atoms with Crippen molar-refractivity contribution in [2.45, 2.75) is 0 Å². The Hall–Kier alpha value is -1.12. The fourth-order valence-electron chi connectivity index (χ4n) is 0.467. The number of anilines is 1. The lowest BCUT2D eigenvalue weighted by atomic mass is 10.3. The van der Waals surface area contributed by atoms with Gasteiger partial charge in [-0.3, -0.25) is 0 Å². The molecule has 47 valence electrons. The first-order valence-electron chi connectivity index (χ1n) is 2.32. The summed E-state index contributed by atoms with van der Waals surface area (Å²) in [5, 5.41) is 0. The first-order chi connectivity index (χ1) is 4.20. The molecule has 1 rings (SSSR count). The van der Waals surface area contributed by atoms with Crippen molar-refractivity contribution in [1.82, 2.24) is 0 Å². The van der Waals surface area contributed by atoms with Gasteiger partial charge in [-0.2, -0.15) is 0 Å². The first-order valence-corrected chi connectivity index (χ1v) is 2.32. The van der Waals surface area contributed by atoms with Gasteiger partial charge in [0.05, 0.1) is 0 Å². The van der Waals surface area contributed by atoms with Crippen LogP contribution in [0.4, 0.5) is 14.5 Å². The molecule has 0 amide bonds. The second-order valence-electron chi connectivity index (χ2n) is 1.59. The predicted molar refractivity (Wildman–Crippen MR) is 29.6 cm³/mol. The number of hydrogen-bond acceptors (Lipinski definition) is 1. The van der Waals surface area contributed by atoms with Crippen molar-refractivity contribution in [3.8, 4) is 0 Å². The van der Waals surface area contributed by atoms with Crippen LogP contribution >= 0.6 is 0 Å². The quantitative estimate of drug-likeness (QED) is 0.524. The van der Waals surface area contributed by atoms with Gasteiger partial charge in [-0.1, -0.05) is 0 Å². The maximum absolute atomic E-state index is 12.1. The topological polar surface area (TPSA) is 26.0 Å². The molecule has 2 N–H and O–H groups in total. The average molecular weight is 128 g/mol. The molecule has 0 aliphatic carbocycles. The zero-order valence-electron chi connectivity index (χ0n) is 4.49. The molecule has 1 aromatic rings. The van der Waals surface area contributed by atoms with E-state index in [1.54, 1.807) is 0 Å². The van der Waals surface area contributed by atoms with Crippen LogP contribution < -0.4 is 5.73 Å². The van der Waals surface area contributed by atoms with Crippen molar-refractivity contribution in [3.63, 3.8) is 0 Å². The Labute approximate surface area is 51.1 Å². The van der Waals surface area contributed by atoms with Crippen LogP contribution in [0.5, 0.6) is 0 Å². The maximum Gasteiger partial charge on any atom is 0.166 e. The predicted octanol–water partition coefficient (Wildman–Crippen LogP) is 1.35. The molecule has 0 aliphatic rings. The van der Waals surface area contributed by atoms with Crippen molar-refractivity contribution < 1.29 is 8.78 Å². The zero-order valence-corrected chi connectivity index (χ0v) is 4.49. The van der Waals surface area contributed by atoms with Gasteiger partial charge in [0.2, 0.25) is 0 Å². The van der Waals surface area contributed by atoms with E-state index in [0.717, 1.165) is 6.07 Å². The standard InChI is InChI=1S/C6H4F2N/c7-5-2-1-4(9)3-6(5)8/h1,3H,9H2. The highest BCUT2D eigenvalue weighted by molar-refractivity contribution is 5.36. The molecule has 0 atom stereocenters. The second-order valence-corrected chi connectivity index (χ2v) is 1.59. The third kappa shape index (κ3) is 1.16. The van der Waals surface area contributed by atoms with Gasteiger partial charge >= 0.3 is 0 Å². The third-order valence-electron chi connectivity index (χ3n) is 0.869. The van der Waals surface area contributed by atoms with E-state index in [1.807, 2.05) is 6.07 Å². The smallest absolute Gasteiger partial charge is 0.166 e. The summed E-state index contributed by atoms with van der Waals surface area (Å²) < 4.78 is 24.1. The Balaban J connectivity index is 3.17. The molecule has 1 nitrogen and oxygen atoms in total. The molecular weight excluding hydrogens is 124 g/mol. The zero-order chi connectivity index (χ0) is 6.85. The van der Waals surface area contributed by atoms with Crippen molar-refractivity contribution in [2.75, 3.05) is 5.73 Å². The van der Waals surface area contributed by atoms with Crippen LogP contribution in [-0.2, 0) is 0 Å². The molecule has 0 saturated heterocycles. The fourth-order valence-corrected chi connectivity index (χ4v) is 0.467. The largest absolute Gasteiger partial charge is 0.399 e. The SMILES string of the molecule is Nc1c[c]c(F)c(F)c1. The Kier molecular flexibility index (Phi) is 1.34. The van der Waals surface area contributed by atoms with Crippen molar-refractivity contribution in [3.05, 3.63) is 29.8 Å². The Morgan fingerprint density at radius 3 is 2.56 bits per heavy atom. The van der Waals surface area contributed by atoms with Crippen LogP contribution in [0.15, 0.2) is 12.1 Å². The van der Waals surface area contributed by atoms with Crippen LogP contribution in [0.25, 0.3) is 0 Å². The van der Waals surface area contributed by atoms with E-state index in [0.29, 0.717) is 0 Å². The summed E-state index contributed by atoms with van der Waals surface area (Å²) in [7, 11) is 0. The summed E-state index contributed by atoms with van der Waals surface area (Å²) in [5.74, 6) is -1.96. The summed E-state index contributed by atoms with van der Waals surface area (Å²) >= 11 is 0. The van der Waals surface area contributed by atoms with E-state index in [4.69, 9.17) is 5.73 Å². The molecule has 0 aromatic heterocycles. The number of rotatable bonds is 0. The van der Waals surface area contributed by atoms with Crippen LogP contribution in [-0.4, -0.2) is 0 Å². The average Bonchev–Trinajstić information content (AvgIpc) is 1.80. The van der Waals surface area contributed by atoms with E-state index in [9.17, 15) is 8.78 Å². The summed E-state index contributed by atoms with van der Waals surface area (Å²) in [6.45, 7) is 0. The number of halogens is 2. The molecule has 0 unspecified atom stereocenters. The molecule has 0 saturated carbocycles. The van der Waals surface area contributed by atoms with Crippen LogP contribution in [0.3, 0.4) is 0 Å². The molecule has 1 radical (unpaired) electrons. The lowest BCUT2D eigenvalue weighted by Crippen LogP contribution is -1.88. The van der Waals surface area contributed by atoms with E-state index in [-0.39, 0.29) is 5.69 Å². The Morgan fingerprint density at radius 2 is 2.11 bits per heavy atom. The van der Waals surface area contributed by atoms with Gasteiger partial charge in [-0.15, -0.1) is 0 Å². The number of benzene rings is 1. The van der Waals surface area contributed by atoms with Gasteiger partial charge in [-0.25, -0.2) is 8.78 Å². The highest BCUT2D eigenvalue weighted by Gasteiger charge is 1.98. The number of hydrogen-bond donors (Lipinski definition) is 1. The van der Waals surface area contributed by atoms with E-state index in [1.165, 1.54) is 6.07 Å². The van der Waals surface area contributed by atoms with Crippen LogP contribution in [0, 0.1) is 17.7 Å². The van der Waals surface area contributed by atoms with Crippen molar-refractivity contribution in [1.29, 1.82) is 0 Å². The fraction of sp³-hybridized carbons (Fsp3) is 0. The van der Waals surface area contributed by atoms with Gasteiger partial charge in [0.25, 0.3) is 0 Å². The van der Waals surface area contributed by atoms with Crippen molar-refractivity contribution >= 4 is 5.69 Å². The first kappa shape index (κ1) is 6.01. The number of nitrogens with two attached hydrogens (primary N) is 1. The lowest BCUT2D eigenvalue weighted by molar-refractivity contribution is 0.507. The molecule has 1 aromatic carbocycles. The molecule has 0 fully saturated rings. The highest BCUT2D eigenvalue weighted by atomic mass is 19.2. The molecule has 9 heavy (non-hydrogen) atoms. The summed E-state index contributed by atoms with van der Waals surface area (Å²) in [6.07, 6.45) is 0. The Bertz CT molecular complexity index is 222. The molecule has 0 spiro atoms. The van der Waals surface area contributed by atoms with Gasteiger partial charge in [0, 0.05) is 11.8 Å². The Morgan fingerprint density at radius 1 is 1.44 bits per heavy atom. The molecular formula is C6H4F2N. The second kappa shape index (κ2) is 2.01. The summed E-state index contributed by atoms with van der Waals surface area (Å²) in [4.78, 5) is 0. The van der Waals surface area contributed by atoms with Gasteiger partial charge in [0.1, 0.15) is 0 Å². The minimum atomic E-state index is -0.996. The van der Waals surface area contributed by atoms with E-state index < -0.39 is 11.6 Å². The van der Waals surface area contributed by atoms with E-state index >= 15 is 0 Å². The van der Waals surface area contributed by atoms with Gasteiger partial charge < -0.3 is 5.73 Å². The summed E-state index contributed by atoms with van der Waals surface area (Å²) in [6, 6.07) is 4.09. The molecule has 3 heteroatoms. The highest BCUT2D eigenvalue weighted by Crippen LogP contribution is 2.07. The molecule has 0 aliphatic heterocycles. The van der Waals surface area contributed by atoms with Gasteiger partial charge in [0.15, 0.2) is 11.6 Å². The van der Waals surface area contributed by atoms with Gasteiger partial charge in [-0.05, 0) is 12.1 Å². The maximum atomic E-state index is 12.1. The summed E-state index contributed by atoms with van der Waals surface area (Å²) in [5.41, 5.74) is 5.26. The normalized spacial score (nSPS) is 9.56. The molecule has 0 bridgehead atoms. The monoisotopic (exact) mass is 128 g/mol. The lowest BCUT2D eigenvalue weighted by Gasteiger charge is -1.91. The number of nitrogen functional groups attached to an aromatic ring is 1. The van der Waals surface area contributed by atoms with Crippen LogP contribution in [0.1, 0.15) is 0 Å². The van der Waals surface area contributed by atoms with Crippen LogP contribution in [0.2, 0.25) is 0 Å². The third-order valence-corrected chi connectivity index (χ3v) is 0.869. The minimum Gasteiger partial charge on any atom is -0.399 e. The van der Waals surface area contributed by atoms with E-state index in [2.05, 4.69) is 0 Å². The minimum absolute atomic E-state index is 0.175.